The van der Waals surface area contributed by atoms with Crippen LogP contribution in [-0.4, -0.2) is 60.5 Å². The summed E-state index contributed by atoms with van der Waals surface area (Å²) in [4.78, 5) is 32.4. The van der Waals surface area contributed by atoms with Crippen LogP contribution in [0.2, 0.25) is 5.02 Å². The number of ether oxygens (including phenoxy) is 1. The molecular weight excluding hydrogens is 482 g/mol. The number of fused-ring (bicyclic) bond motifs is 2. The van der Waals surface area contributed by atoms with Crippen LogP contribution in [-0.2, 0) is 13.0 Å². The molecule has 2 aliphatic rings. The van der Waals surface area contributed by atoms with Crippen molar-refractivity contribution < 1.29 is 14.6 Å². The van der Waals surface area contributed by atoms with E-state index in [-0.39, 0.29) is 18.0 Å². The molecule has 2 aromatic heterocycles. The first kappa shape index (κ1) is 22.8. The number of carbonyl (C=O) groups is 1. The molecule has 0 radical (unpaired) electrons. The van der Waals surface area contributed by atoms with Gasteiger partial charge in [-0.1, -0.05) is 11.6 Å². The van der Waals surface area contributed by atoms with E-state index in [4.69, 9.17) is 16.3 Å². The van der Waals surface area contributed by atoms with E-state index in [0.717, 1.165) is 23.4 Å². The summed E-state index contributed by atoms with van der Waals surface area (Å²) in [5.41, 5.74) is 1.47. The third-order valence-electron chi connectivity index (χ3n) is 7.01. The third-order valence-corrected chi connectivity index (χ3v) is 7.26. The molecule has 0 saturated carbocycles. The van der Waals surface area contributed by atoms with Crippen molar-refractivity contribution in [2.24, 2.45) is 0 Å². The standard InChI is InChI=1S/C26H24ClN5O4/c27-19-2-4-20(5-3-19)32-23-21(14-29-32)25(34)31(16-28-23)15-26(35)8-10-30(11-9-26)24(33)18-1-6-22-17(13-18)7-12-36-22/h1-6,13-14,16,35H,7-12,15H2. The second-order valence-electron chi connectivity index (χ2n) is 9.39. The number of halogens is 1. The number of nitrogens with zero attached hydrogens (tertiary/aromatic N) is 5. The summed E-state index contributed by atoms with van der Waals surface area (Å²) < 4.78 is 8.54. The molecule has 2 aromatic carbocycles. The molecule has 2 aliphatic heterocycles. The van der Waals surface area contributed by atoms with Gasteiger partial charge in [0, 0.05) is 30.1 Å². The highest BCUT2D eigenvalue weighted by atomic mass is 35.5. The summed E-state index contributed by atoms with van der Waals surface area (Å²) >= 11 is 5.97. The predicted molar refractivity (Wildman–Crippen MR) is 134 cm³/mol. The van der Waals surface area contributed by atoms with Crippen molar-refractivity contribution in [3.05, 3.63) is 81.5 Å². The van der Waals surface area contributed by atoms with Crippen LogP contribution in [0.25, 0.3) is 16.7 Å². The van der Waals surface area contributed by atoms with E-state index in [0.29, 0.717) is 54.2 Å². The molecule has 0 atom stereocenters. The Morgan fingerprint density at radius 1 is 1.14 bits per heavy atom. The van der Waals surface area contributed by atoms with Crippen molar-refractivity contribution >= 4 is 28.5 Å². The largest absolute Gasteiger partial charge is 0.493 e. The molecule has 9 nitrogen and oxygen atoms in total. The summed E-state index contributed by atoms with van der Waals surface area (Å²) in [6.07, 6.45) is 4.47. The Balaban J connectivity index is 1.17. The molecule has 1 N–H and O–H groups in total. The lowest BCUT2D eigenvalue weighted by Crippen LogP contribution is -2.49. The van der Waals surface area contributed by atoms with Gasteiger partial charge in [0.25, 0.3) is 11.5 Å². The van der Waals surface area contributed by atoms with E-state index in [9.17, 15) is 14.7 Å². The van der Waals surface area contributed by atoms with Gasteiger partial charge in [0.05, 0.1) is 30.6 Å². The molecule has 0 unspecified atom stereocenters. The highest BCUT2D eigenvalue weighted by molar-refractivity contribution is 6.30. The second-order valence-corrected chi connectivity index (χ2v) is 9.82. The molecule has 0 bridgehead atoms. The van der Waals surface area contributed by atoms with Crippen LogP contribution in [0.4, 0.5) is 0 Å². The smallest absolute Gasteiger partial charge is 0.264 e. The van der Waals surface area contributed by atoms with Crippen LogP contribution < -0.4 is 10.3 Å². The summed E-state index contributed by atoms with van der Waals surface area (Å²) in [7, 11) is 0. The maximum Gasteiger partial charge on any atom is 0.264 e. The maximum absolute atomic E-state index is 13.2. The van der Waals surface area contributed by atoms with Gasteiger partial charge in [-0.05, 0) is 60.9 Å². The molecule has 6 rings (SSSR count). The summed E-state index contributed by atoms with van der Waals surface area (Å²) in [6.45, 7) is 1.55. The van der Waals surface area contributed by atoms with Gasteiger partial charge in [0.15, 0.2) is 5.65 Å². The average molecular weight is 506 g/mol. The van der Waals surface area contributed by atoms with E-state index in [2.05, 4.69) is 10.1 Å². The monoisotopic (exact) mass is 505 g/mol. The number of aliphatic hydroxyl groups is 1. The minimum atomic E-state index is -1.12. The molecule has 184 valence electrons. The minimum Gasteiger partial charge on any atom is -0.493 e. The zero-order valence-corrected chi connectivity index (χ0v) is 20.2. The molecule has 36 heavy (non-hydrogen) atoms. The van der Waals surface area contributed by atoms with Crippen molar-refractivity contribution in [1.29, 1.82) is 0 Å². The van der Waals surface area contributed by atoms with Gasteiger partial charge in [0.1, 0.15) is 17.5 Å². The highest BCUT2D eigenvalue weighted by Crippen LogP contribution is 2.29. The topological polar surface area (TPSA) is 102 Å². The maximum atomic E-state index is 13.2. The minimum absolute atomic E-state index is 0.0541. The van der Waals surface area contributed by atoms with E-state index in [1.54, 1.807) is 39.9 Å². The molecule has 4 aromatic rings. The van der Waals surface area contributed by atoms with Crippen LogP contribution in [0, 0.1) is 0 Å². The van der Waals surface area contributed by atoms with E-state index in [1.807, 2.05) is 12.1 Å². The number of hydrogen-bond acceptors (Lipinski definition) is 6. The van der Waals surface area contributed by atoms with Gasteiger partial charge in [-0.15, -0.1) is 0 Å². The number of aromatic nitrogens is 4. The summed E-state index contributed by atoms with van der Waals surface area (Å²) in [5.74, 6) is 0.788. The first-order valence-electron chi connectivity index (χ1n) is 11.9. The van der Waals surface area contributed by atoms with Gasteiger partial charge >= 0.3 is 0 Å². The normalized spacial score (nSPS) is 16.7. The van der Waals surface area contributed by atoms with Crippen LogP contribution in [0.15, 0.2) is 59.8 Å². The lowest BCUT2D eigenvalue weighted by molar-refractivity contribution is -0.0299. The fourth-order valence-corrected chi connectivity index (χ4v) is 5.06. The fraction of sp³-hybridized carbons (Fsp3) is 0.308. The SMILES string of the molecule is O=C(c1ccc2c(c1)CCO2)N1CCC(O)(Cn2cnc3c(cnn3-c3ccc(Cl)cc3)c2=O)CC1. The number of amides is 1. The van der Waals surface area contributed by atoms with E-state index in [1.165, 1.54) is 17.1 Å². The fourth-order valence-electron chi connectivity index (χ4n) is 4.94. The zero-order chi connectivity index (χ0) is 24.9. The van der Waals surface area contributed by atoms with Crippen LogP contribution in [0.3, 0.4) is 0 Å². The Morgan fingerprint density at radius 2 is 1.92 bits per heavy atom. The highest BCUT2D eigenvalue weighted by Gasteiger charge is 2.35. The lowest BCUT2D eigenvalue weighted by atomic mass is 9.90. The van der Waals surface area contributed by atoms with Crippen molar-refractivity contribution in [2.45, 2.75) is 31.4 Å². The predicted octanol–water partition coefficient (Wildman–Crippen LogP) is 2.84. The van der Waals surface area contributed by atoms with E-state index >= 15 is 0 Å². The molecule has 4 heterocycles. The van der Waals surface area contributed by atoms with Gasteiger partial charge in [-0.25, -0.2) is 9.67 Å². The molecule has 0 aliphatic carbocycles. The number of likely N-dealkylation sites (tertiary alicyclic amines) is 1. The van der Waals surface area contributed by atoms with E-state index < -0.39 is 5.60 Å². The number of benzene rings is 2. The third kappa shape index (κ3) is 4.04. The van der Waals surface area contributed by atoms with Crippen LogP contribution >= 0.6 is 11.6 Å². The lowest BCUT2D eigenvalue weighted by Gasteiger charge is -2.38. The molecule has 10 heteroatoms. The molecule has 1 fully saturated rings. The number of piperidine rings is 1. The van der Waals surface area contributed by atoms with Gasteiger partial charge in [0.2, 0.25) is 0 Å². The Hall–Kier alpha value is -3.69. The number of hydrogen-bond donors (Lipinski definition) is 1. The molecule has 1 saturated heterocycles. The first-order chi connectivity index (χ1) is 17.4. The Labute approximate surface area is 211 Å². The van der Waals surface area contributed by atoms with Gasteiger partial charge < -0.3 is 14.7 Å². The van der Waals surface area contributed by atoms with Crippen molar-refractivity contribution in [3.8, 4) is 11.4 Å². The average Bonchev–Trinajstić information content (AvgIpc) is 3.53. The zero-order valence-electron chi connectivity index (χ0n) is 19.4. The Bertz CT molecular complexity index is 1520. The van der Waals surface area contributed by atoms with Gasteiger partial charge in [-0.2, -0.15) is 5.10 Å². The molecule has 0 spiro atoms. The number of carbonyl (C=O) groups excluding carboxylic acids is 1. The Kier molecular flexibility index (Phi) is 5.54. The summed E-state index contributed by atoms with van der Waals surface area (Å²) in [6, 6.07) is 12.6. The number of rotatable bonds is 4. The Morgan fingerprint density at radius 3 is 2.69 bits per heavy atom. The van der Waals surface area contributed by atoms with Crippen LogP contribution in [0.5, 0.6) is 5.75 Å². The molecular formula is C26H24ClN5O4. The van der Waals surface area contributed by atoms with Crippen molar-refractivity contribution in [1.82, 2.24) is 24.2 Å². The quantitative estimate of drug-likeness (QED) is 0.457. The van der Waals surface area contributed by atoms with Gasteiger partial charge in [-0.3, -0.25) is 14.2 Å². The summed E-state index contributed by atoms with van der Waals surface area (Å²) in [5, 5.41) is 16.5. The van der Waals surface area contributed by atoms with Crippen molar-refractivity contribution in [3.63, 3.8) is 0 Å². The first-order valence-corrected chi connectivity index (χ1v) is 12.2. The molecule has 1 amide bonds. The second kappa shape index (κ2) is 8.76. The van der Waals surface area contributed by atoms with Crippen LogP contribution in [0.1, 0.15) is 28.8 Å². The van der Waals surface area contributed by atoms with Crippen molar-refractivity contribution in [2.75, 3.05) is 19.7 Å².